The Morgan fingerprint density at radius 2 is 1.41 bits per heavy atom. The fourth-order valence-corrected chi connectivity index (χ4v) is 8.09. The molecule has 0 spiro atoms. The maximum absolute atomic E-state index is 13.0. The number of hydrogen-bond donors (Lipinski definition) is 3. The Bertz CT molecular complexity index is 2350. The van der Waals surface area contributed by atoms with Crippen molar-refractivity contribution in [2.75, 3.05) is 6.54 Å². The van der Waals surface area contributed by atoms with Crippen LogP contribution in [0.1, 0.15) is 104 Å². The number of fused-ring (bicyclic) bond motifs is 4. The number of ether oxygens (including phenoxy) is 2. The lowest BCUT2D eigenvalue weighted by atomic mass is 9.81. The van der Waals surface area contributed by atoms with Crippen LogP contribution in [0.3, 0.4) is 0 Å². The lowest BCUT2D eigenvalue weighted by molar-refractivity contribution is 0.0218. The van der Waals surface area contributed by atoms with E-state index >= 15 is 0 Å². The molecule has 10 nitrogen and oxygen atoms in total. The van der Waals surface area contributed by atoms with E-state index in [-0.39, 0.29) is 12.1 Å². The number of nitrogens with zero attached hydrogens (tertiary/aromatic N) is 3. The SMILES string of the molecule is CC(C)(C)OC(=O)NC1(c2nc3ccc(-c4ccc(-c5ccc6c(ccc7[nH]c([C@@H]8CCCN8C(=O)OC(C)(C)C)nc76)c5)cc4)cc3[nH]2)CCCCC1. The topological polar surface area (TPSA) is 125 Å². The molecule has 2 fully saturated rings. The van der Waals surface area contributed by atoms with Gasteiger partial charge in [-0.1, -0.05) is 67.8 Å². The van der Waals surface area contributed by atoms with Crippen LogP contribution in [0.15, 0.2) is 72.8 Å². The summed E-state index contributed by atoms with van der Waals surface area (Å²) in [6.07, 6.45) is 5.88. The van der Waals surface area contributed by atoms with E-state index in [2.05, 4.69) is 88.1 Å². The first-order valence-electron chi connectivity index (χ1n) is 19.3. The zero-order valence-corrected chi connectivity index (χ0v) is 32.1. The largest absolute Gasteiger partial charge is 0.444 e. The van der Waals surface area contributed by atoms with Gasteiger partial charge in [-0.3, -0.25) is 4.90 Å². The molecule has 1 aliphatic heterocycles. The smallest absolute Gasteiger partial charge is 0.410 e. The Kier molecular flexibility index (Phi) is 8.90. The van der Waals surface area contributed by atoms with E-state index in [9.17, 15) is 9.59 Å². The van der Waals surface area contributed by atoms with Crippen LogP contribution in [0.25, 0.3) is 55.1 Å². The van der Waals surface area contributed by atoms with E-state index in [4.69, 9.17) is 19.4 Å². The molecule has 3 heterocycles. The molecule has 0 radical (unpaired) electrons. The maximum Gasteiger partial charge on any atom is 0.410 e. The van der Waals surface area contributed by atoms with Crippen molar-refractivity contribution < 1.29 is 19.1 Å². The van der Waals surface area contributed by atoms with Gasteiger partial charge in [-0.2, -0.15) is 0 Å². The molecule has 2 amide bonds. The number of aromatic nitrogens is 4. The van der Waals surface area contributed by atoms with Crippen LogP contribution in [0.2, 0.25) is 0 Å². The molecular formula is C44H50N6O4. The molecule has 2 aromatic heterocycles. The number of rotatable bonds is 5. The molecule has 0 unspecified atom stereocenters. The van der Waals surface area contributed by atoms with Crippen LogP contribution >= 0.6 is 0 Å². The standard InChI is InChI=1S/C44H50N6O4/c1-42(2,3)53-40(51)49-44(22-8-7-9-23-44)39-46-33-20-17-30(26-35(33)47-39)28-14-12-27(13-15-28)29-16-19-32-31(25-29)18-21-34-37(32)48-38(45-34)36-11-10-24-50(36)41(52)54-43(4,5)6/h12-21,25-26,36H,7-11,22-24H2,1-6H3,(H,45,48)(H,46,47)(H,49,51)/t36-/m0/s1. The van der Waals surface area contributed by atoms with E-state index in [0.29, 0.717) is 6.54 Å². The molecule has 54 heavy (non-hydrogen) atoms. The van der Waals surface area contributed by atoms with Gasteiger partial charge in [-0.25, -0.2) is 19.6 Å². The molecule has 3 N–H and O–H groups in total. The Morgan fingerprint density at radius 1 is 0.741 bits per heavy atom. The normalized spacial score (nSPS) is 17.7. The molecule has 1 atom stereocenters. The van der Waals surface area contributed by atoms with Gasteiger partial charge in [-0.05, 0) is 119 Å². The zero-order chi connectivity index (χ0) is 37.8. The second-order valence-corrected chi connectivity index (χ2v) is 17.0. The average Bonchev–Trinajstić information content (AvgIpc) is 3.89. The van der Waals surface area contributed by atoms with Gasteiger partial charge < -0.3 is 24.8 Å². The molecule has 10 heteroatoms. The predicted molar refractivity (Wildman–Crippen MR) is 213 cm³/mol. The minimum Gasteiger partial charge on any atom is -0.444 e. The predicted octanol–water partition coefficient (Wildman–Crippen LogP) is 10.7. The summed E-state index contributed by atoms with van der Waals surface area (Å²) >= 11 is 0. The van der Waals surface area contributed by atoms with Gasteiger partial charge in [0, 0.05) is 11.9 Å². The van der Waals surface area contributed by atoms with Crippen molar-refractivity contribution in [3.63, 3.8) is 0 Å². The van der Waals surface area contributed by atoms with Gasteiger partial charge in [0.1, 0.15) is 28.4 Å². The number of benzene rings is 4. The van der Waals surface area contributed by atoms with Gasteiger partial charge in [0.2, 0.25) is 0 Å². The van der Waals surface area contributed by atoms with Crippen LogP contribution in [0.5, 0.6) is 0 Å². The molecule has 4 aromatic carbocycles. The van der Waals surface area contributed by atoms with Crippen molar-refractivity contribution in [1.82, 2.24) is 30.2 Å². The van der Waals surface area contributed by atoms with Crippen LogP contribution in [-0.2, 0) is 15.0 Å². The number of carbonyl (C=O) groups excluding carboxylic acids is 2. The second kappa shape index (κ2) is 13.5. The summed E-state index contributed by atoms with van der Waals surface area (Å²) in [5, 5.41) is 5.38. The number of carbonyl (C=O) groups is 2. The third kappa shape index (κ3) is 7.13. The van der Waals surface area contributed by atoms with Crippen molar-refractivity contribution in [3.05, 3.63) is 84.4 Å². The number of hydrogen-bond acceptors (Lipinski definition) is 6. The number of likely N-dealkylation sites (tertiary alicyclic amines) is 1. The number of nitrogens with one attached hydrogen (secondary N) is 3. The highest BCUT2D eigenvalue weighted by molar-refractivity contribution is 6.05. The third-order valence-corrected chi connectivity index (χ3v) is 10.6. The van der Waals surface area contributed by atoms with Crippen molar-refractivity contribution >= 4 is 45.0 Å². The van der Waals surface area contributed by atoms with E-state index < -0.39 is 22.8 Å². The number of imidazole rings is 2. The van der Waals surface area contributed by atoms with Crippen LogP contribution in [-0.4, -0.2) is 54.8 Å². The summed E-state index contributed by atoms with van der Waals surface area (Å²) < 4.78 is 11.3. The average molecular weight is 727 g/mol. The Labute approximate surface area is 316 Å². The van der Waals surface area contributed by atoms with Crippen LogP contribution in [0, 0.1) is 0 Å². The monoisotopic (exact) mass is 726 g/mol. The van der Waals surface area contributed by atoms with Crippen LogP contribution < -0.4 is 5.32 Å². The highest BCUT2D eigenvalue weighted by Gasteiger charge is 2.40. The van der Waals surface area contributed by atoms with Gasteiger partial charge in [-0.15, -0.1) is 0 Å². The third-order valence-electron chi connectivity index (χ3n) is 10.6. The Hall–Kier alpha value is -5.38. The van der Waals surface area contributed by atoms with E-state index in [1.54, 1.807) is 4.90 Å². The number of alkyl carbamates (subject to hydrolysis) is 1. The number of H-pyrrole nitrogens is 2. The molecule has 6 aromatic rings. The first-order valence-corrected chi connectivity index (χ1v) is 19.3. The lowest BCUT2D eigenvalue weighted by Crippen LogP contribution is -2.49. The van der Waals surface area contributed by atoms with Crippen molar-refractivity contribution in [3.8, 4) is 22.3 Å². The zero-order valence-electron chi connectivity index (χ0n) is 32.1. The first-order chi connectivity index (χ1) is 25.7. The summed E-state index contributed by atoms with van der Waals surface area (Å²) in [5.74, 6) is 1.59. The fourth-order valence-electron chi connectivity index (χ4n) is 8.09. The molecule has 1 saturated heterocycles. The Morgan fingerprint density at radius 3 is 2.11 bits per heavy atom. The maximum atomic E-state index is 13.0. The molecular weight excluding hydrogens is 677 g/mol. The van der Waals surface area contributed by atoms with Gasteiger partial charge in [0.05, 0.1) is 28.1 Å². The molecule has 2 aliphatic rings. The van der Waals surface area contributed by atoms with Gasteiger partial charge in [0.15, 0.2) is 0 Å². The Balaban J connectivity index is 1.02. The highest BCUT2D eigenvalue weighted by atomic mass is 16.6. The molecule has 1 aliphatic carbocycles. The summed E-state index contributed by atoms with van der Waals surface area (Å²) in [5.41, 5.74) is 6.43. The summed E-state index contributed by atoms with van der Waals surface area (Å²) in [4.78, 5) is 44.8. The van der Waals surface area contributed by atoms with Gasteiger partial charge >= 0.3 is 12.2 Å². The fraction of sp³-hybridized carbons (Fsp3) is 0.409. The van der Waals surface area contributed by atoms with Crippen LogP contribution in [0.4, 0.5) is 9.59 Å². The highest BCUT2D eigenvalue weighted by Crippen LogP contribution is 2.39. The molecule has 8 rings (SSSR count). The summed E-state index contributed by atoms with van der Waals surface area (Å²) in [6.45, 7) is 12.0. The molecule has 280 valence electrons. The minimum atomic E-state index is -0.578. The first kappa shape index (κ1) is 35.6. The summed E-state index contributed by atoms with van der Waals surface area (Å²) in [7, 11) is 0. The number of aromatic amines is 2. The van der Waals surface area contributed by atoms with E-state index in [0.717, 1.165) is 112 Å². The van der Waals surface area contributed by atoms with Crippen molar-refractivity contribution in [2.24, 2.45) is 0 Å². The summed E-state index contributed by atoms with van der Waals surface area (Å²) in [6, 6.07) is 25.5. The van der Waals surface area contributed by atoms with E-state index in [1.165, 1.54) is 0 Å². The minimum absolute atomic E-state index is 0.134. The molecule has 0 bridgehead atoms. The second-order valence-electron chi connectivity index (χ2n) is 17.0. The lowest BCUT2D eigenvalue weighted by Gasteiger charge is -2.36. The van der Waals surface area contributed by atoms with E-state index in [1.807, 2.05) is 41.5 Å². The van der Waals surface area contributed by atoms with Gasteiger partial charge in [0.25, 0.3) is 0 Å². The quantitative estimate of drug-likeness (QED) is 0.162. The van der Waals surface area contributed by atoms with Crippen molar-refractivity contribution in [2.45, 2.75) is 109 Å². The molecule has 1 saturated carbocycles. The number of amides is 2. The van der Waals surface area contributed by atoms with Crippen molar-refractivity contribution in [1.29, 1.82) is 0 Å².